The van der Waals surface area contributed by atoms with E-state index in [1.165, 1.54) is 0 Å². The van der Waals surface area contributed by atoms with Gasteiger partial charge in [0, 0.05) is 32.0 Å². The first-order valence-electron chi connectivity index (χ1n) is 7.50. The molecule has 2 rings (SSSR count). The molecule has 1 heterocycles. The van der Waals surface area contributed by atoms with Crippen LogP contribution in [0.3, 0.4) is 0 Å². The zero-order valence-corrected chi connectivity index (χ0v) is 13.0. The number of carbonyl (C=O) groups excluding carboxylic acids is 1. The number of imidazole rings is 1. The molecule has 0 saturated carbocycles. The number of aromatic nitrogens is 2. The molecule has 5 nitrogen and oxygen atoms in total. The average molecular weight is 288 g/mol. The molecule has 0 spiro atoms. The van der Waals surface area contributed by atoms with Crippen molar-refractivity contribution in [1.29, 1.82) is 0 Å². The van der Waals surface area contributed by atoms with E-state index in [2.05, 4.69) is 35.1 Å². The molecule has 21 heavy (non-hydrogen) atoms. The molecular formula is C16H24N4O. The molecule has 5 heteroatoms. The molecule has 0 atom stereocenters. The molecule has 114 valence electrons. The van der Waals surface area contributed by atoms with Crippen molar-refractivity contribution in [3.63, 3.8) is 0 Å². The standard InChI is InChI=1S/C16H24N4O/c1-12(2)20-14-7-5-4-6-13(14)19-15(20)8-11-18-16(21)9-10-17-3/h4-7,12,17H,8-11H2,1-3H3,(H,18,21). The zero-order valence-electron chi connectivity index (χ0n) is 13.0. The number of fused-ring (bicyclic) bond motifs is 1. The first-order chi connectivity index (χ1) is 10.1. The van der Waals surface area contributed by atoms with Crippen molar-refractivity contribution >= 4 is 16.9 Å². The summed E-state index contributed by atoms with van der Waals surface area (Å²) in [5, 5.41) is 5.92. The minimum Gasteiger partial charge on any atom is -0.356 e. The maximum absolute atomic E-state index is 11.6. The summed E-state index contributed by atoms with van der Waals surface area (Å²) in [7, 11) is 1.85. The Kier molecular flexibility index (Phi) is 5.33. The minimum atomic E-state index is 0.0801. The summed E-state index contributed by atoms with van der Waals surface area (Å²) >= 11 is 0. The Balaban J connectivity index is 2.04. The molecule has 1 aromatic heterocycles. The Hall–Kier alpha value is -1.88. The third kappa shape index (κ3) is 3.82. The Labute approximate surface area is 125 Å². The monoisotopic (exact) mass is 288 g/mol. The summed E-state index contributed by atoms with van der Waals surface area (Å²) in [6, 6.07) is 8.52. The Bertz CT molecular complexity index is 603. The summed E-state index contributed by atoms with van der Waals surface area (Å²) in [5.41, 5.74) is 2.17. The van der Waals surface area contributed by atoms with E-state index in [1.807, 2.05) is 25.2 Å². The van der Waals surface area contributed by atoms with Gasteiger partial charge < -0.3 is 15.2 Å². The fraction of sp³-hybridized carbons (Fsp3) is 0.500. The zero-order chi connectivity index (χ0) is 15.2. The molecule has 0 aliphatic rings. The molecule has 0 radical (unpaired) electrons. The Morgan fingerprint density at radius 1 is 1.29 bits per heavy atom. The van der Waals surface area contributed by atoms with E-state index < -0.39 is 0 Å². The van der Waals surface area contributed by atoms with Crippen LogP contribution in [0.15, 0.2) is 24.3 Å². The molecule has 0 unspecified atom stereocenters. The van der Waals surface area contributed by atoms with Crippen LogP contribution in [0.1, 0.15) is 32.1 Å². The fourth-order valence-corrected chi connectivity index (χ4v) is 2.49. The molecule has 2 aromatic rings. The number of nitrogens with zero attached hydrogens (tertiary/aromatic N) is 2. The highest BCUT2D eigenvalue weighted by atomic mass is 16.1. The van der Waals surface area contributed by atoms with Crippen LogP contribution < -0.4 is 10.6 Å². The number of nitrogens with one attached hydrogen (secondary N) is 2. The van der Waals surface area contributed by atoms with Gasteiger partial charge in [0.15, 0.2) is 0 Å². The maximum atomic E-state index is 11.6. The van der Waals surface area contributed by atoms with E-state index in [4.69, 9.17) is 4.98 Å². The molecule has 0 aliphatic carbocycles. The van der Waals surface area contributed by atoms with Gasteiger partial charge in [-0.2, -0.15) is 0 Å². The van der Waals surface area contributed by atoms with Gasteiger partial charge in [-0.1, -0.05) is 12.1 Å². The third-order valence-electron chi connectivity index (χ3n) is 3.46. The SMILES string of the molecule is CNCCC(=O)NCCc1nc2ccccc2n1C(C)C. The summed E-state index contributed by atoms with van der Waals surface area (Å²) in [6.07, 6.45) is 1.26. The highest BCUT2D eigenvalue weighted by molar-refractivity contribution is 5.77. The van der Waals surface area contributed by atoms with Gasteiger partial charge in [-0.3, -0.25) is 4.79 Å². The number of hydrogen-bond acceptors (Lipinski definition) is 3. The second-order valence-corrected chi connectivity index (χ2v) is 5.43. The van der Waals surface area contributed by atoms with Gasteiger partial charge in [-0.05, 0) is 33.0 Å². The first-order valence-corrected chi connectivity index (χ1v) is 7.50. The average Bonchev–Trinajstić information content (AvgIpc) is 2.83. The van der Waals surface area contributed by atoms with Crippen LogP contribution in [0.25, 0.3) is 11.0 Å². The number of amides is 1. The smallest absolute Gasteiger partial charge is 0.221 e. The van der Waals surface area contributed by atoms with Crippen molar-refractivity contribution in [2.75, 3.05) is 20.1 Å². The molecule has 0 fully saturated rings. The van der Waals surface area contributed by atoms with E-state index in [1.54, 1.807) is 0 Å². The van der Waals surface area contributed by atoms with E-state index in [9.17, 15) is 4.79 Å². The lowest BCUT2D eigenvalue weighted by Crippen LogP contribution is -2.29. The molecule has 0 aliphatic heterocycles. The molecule has 0 saturated heterocycles. The largest absolute Gasteiger partial charge is 0.356 e. The van der Waals surface area contributed by atoms with Gasteiger partial charge >= 0.3 is 0 Å². The lowest BCUT2D eigenvalue weighted by Gasteiger charge is -2.13. The molecule has 1 aromatic carbocycles. The van der Waals surface area contributed by atoms with Crippen LogP contribution in [0.5, 0.6) is 0 Å². The molecule has 1 amide bonds. The fourth-order valence-electron chi connectivity index (χ4n) is 2.49. The van der Waals surface area contributed by atoms with Gasteiger partial charge in [-0.25, -0.2) is 4.98 Å². The molecule has 0 bridgehead atoms. The Morgan fingerprint density at radius 2 is 2.05 bits per heavy atom. The first kappa shape index (κ1) is 15.5. The summed E-state index contributed by atoms with van der Waals surface area (Å²) in [4.78, 5) is 16.3. The predicted octanol–water partition coefficient (Wildman–Crippen LogP) is 1.89. The minimum absolute atomic E-state index is 0.0801. The second kappa shape index (κ2) is 7.22. The van der Waals surface area contributed by atoms with Crippen LogP contribution in [0.4, 0.5) is 0 Å². The van der Waals surface area contributed by atoms with Gasteiger partial charge in [0.1, 0.15) is 5.82 Å². The number of benzene rings is 1. The van der Waals surface area contributed by atoms with Crippen molar-refractivity contribution in [1.82, 2.24) is 20.2 Å². The van der Waals surface area contributed by atoms with Crippen LogP contribution in [-0.4, -0.2) is 35.6 Å². The van der Waals surface area contributed by atoms with Crippen molar-refractivity contribution in [2.24, 2.45) is 0 Å². The van der Waals surface area contributed by atoms with Gasteiger partial charge in [0.05, 0.1) is 11.0 Å². The topological polar surface area (TPSA) is 59.0 Å². The van der Waals surface area contributed by atoms with Crippen LogP contribution in [0.2, 0.25) is 0 Å². The van der Waals surface area contributed by atoms with Gasteiger partial charge in [-0.15, -0.1) is 0 Å². The highest BCUT2D eigenvalue weighted by Gasteiger charge is 2.12. The number of rotatable bonds is 7. The lowest BCUT2D eigenvalue weighted by molar-refractivity contribution is -0.120. The van der Waals surface area contributed by atoms with Gasteiger partial charge in [0.25, 0.3) is 0 Å². The van der Waals surface area contributed by atoms with Crippen molar-refractivity contribution in [3.8, 4) is 0 Å². The molecule has 2 N–H and O–H groups in total. The Morgan fingerprint density at radius 3 is 2.76 bits per heavy atom. The normalized spacial score (nSPS) is 11.2. The lowest BCUT2D eigenvalue weighted by atomic mass is 10.3. The van der Waals surface area contributed by atoms with E-state index >= 15 is 0 Å². The van der Waals surface area contributed by atoms with Gasteiger partial charge in [0.2, 0.25) is 5.91 Å². The second-order valence-electron chi connectivity index (χ2n) is 5.43. The number of carbonyl (C=O) groups is 1. The van der Waals surface area contributed by atoms with Crippen LogP contribution >= 0.6 is 0 Å². The van der Waals surface area contributed by atoms with Crippen LogP contribution in [0, 0.1) is 0 Å². The summed E-state index contributed by atoms with van der Waals surface area (Å²) in [6.45, 7) is 5.64. The predicted molar refractivity (Wildman–Crippen MR) is 85.4 cm³/mol. The summed E-state index contributed by atoms with van der Waals surface area (Å²) in [5.74, 6) is 1.11. The van der Waals surface area contributed by atoms with E-state index in [0.717, 1.165) is 23.3 Å². The van der Waals surface area contributed by atoms with Crippen molar-refractivity contribution in [3.05, 3.63) is 30.1 Å². The van der Waals surface area contributed by atoms with E-state index in [0.29, 0.717) is 25.6 Å². The van der Waals surface area contributed by atoms with Crippen molar-refractivity contribution < 1.29 is 4.79 Å². The maximum Gasteiger partial charge on any atom is 0.221 e. The quantitative estimate of drug-likeness (QED) is 0.818. The molecular weight excluding hydrogens is 264 g/mol. The number of para-hydroxylation sites is 2. The summed E-state index contributed by atoms with van der Waals surface area (Å²) < 4.78 is 2.25. The van der Waals surface area contributed by atoms with Crippen LogP contribution in [-0.2, 0) is 11.2 Å². The number of hydrogen-bond donors (Lipinski definition) is 2. The van der Waals surface area contributed by atoms with Crippen molar-refractivity contribution in [2.45, 2.75) is 32.7 Å². The van der Waals surface area contributed by atoms with E-state index in [-0.39, 0.29) is 5.91 Å². The highest BCUT2D eigenvalue weighted by Crippen LogP contribution is 2.20. The third-order valence-corrected chi connectivity index (χ3v) is 3.46.